The Morgan fingerprint density at radius 3 is 3.09 bits per heavy atom. The van der Waals surface area contributed by atoms with Gasteiger partial charge in [0, 0.05) is 5.57 Å². The molecule has 0 bridgehead atoms. The second-order valence-electron chi connectivity index (χ2n) is 2.65. The summed E-state index contributed by atoms with van der Waals surface area (Å²) in [5.74, 6) is 0.451. The predicted molar refractivity (Wildman–Crippen MR) is 45.8 cm³/mol. The molecule has 0 aromatic carbocycles. The second-order valence-corrected chi connectivity index (χ2v) is 2.65. The molecule has 0 N–H and O–H groups in total. The van der Waals surface area contributed by atoms with Crippen LogP contribution in [-0.2, 0) is 0 Å². The van der Waals surface area contributed by atoms with Crippen molar-refractivity contribution in [3.8, 4) is 6.07 Å². The number of nitrogens with zero attached hydrogens (tertiary/aromatic N) is 1. The average Bonchev–Trinajstić information content (AvgIpc) is 1.98. The van der Waals surface area contributed by atoms with Gasteiger partial charge in [-0.2, -0.15) is 5.26 Å². The average molecular weight is 145 g/mol. The van der Waals surface area contributed by atoms with Gasteiger partial charge in [-0.1, -0.05) is 31.2 Å². The molecule has 0 fully saturated rings. The van der Waals surface area contributed by atoms with Gasteiger partial charge in [-0.3, -0.25) is 0 Å². The van der Waals surface area contributed by atoms with Crippen molar-refractivity contribution < 1.29 is 0 Å². The van der Waals surface area contributed by atoms with E-state index in [1.165, 1.54) is 0 Å². The molecule has 0 aliphatic heterocycles. The Hall–Kier alpha value is -1.29. The van der Waals surface area contributed by atoms with Crippen molar-refractivity contribution in [2.24, 2.45) is 5.92 Å². The molecule has 1 aliphatic rings. The first-order chi connectivity index (χ1) is 5.33. The molecule has 1 rings (SSSR count). The number of hydrogen-bond acceptors (Lipinski definition) is 1. The summed E-state index contributed by atoms with van der Waals surface area (Å²) in [6, 6.07) is 2.13. The van der Waals surface area contributed by atoms with E-state index in [1.807, 2.05) is 18.2 Å². The van der Waals surface area contributed by atoms with E-state index in [-0.39, 0.29) is 0 Å². The highest BCUT2D eigenvalue weighted by Gasteiger charge is 1.94. The Kier molecular flexibility index (Phi) is 2.68. The van der Waals surface area contributed by atoms with Crippen molar-refractivity contribution in [2.45, 2.75) is 13.3 Å². The first kappa shape index (κ1) is 7.81. The van der Waals surface area contributed by atoms with Gasteiger partial charge in [0.1, 0.15) is 0 Å². The molecular weight excluding hydrogens is 134 g/mol. The highest BCUT2D eigenvalue weighted by atomic mass is 14.2. The summed E-state index contributed by atoms with van der Waals surface area (Å²) < 4.78 is 0. The highest BCUT2D eigenvalue weighted by Crippen LogP contribution is 2.08. The first-order valence-corrected chi connectivity index (χ1v) is 3.78. The molecule has 11 heavy (non-hydrogen) atoms. The van der Waals surface area contributed by atoms with E-state index in [0.717, 1.165) is 12.0 Å². The maximum atomic E-state index is 8.60. The lowest BCUT2D eigenvalue weighted by Crippen LogP contribution is -1.85. The van der Waals surface area contributed by atoms with E-state index >= 15 is 0 Å². The van der Waals surface area contributed by atoms with Crippen LogP contribution in [0.25, 0.3) is 0 Å². The van der Waals surface area contributed by atoms with Crippen LogP contribution in [0.5, 0.6) is 0 Å². The Morgan fingerprint density at radius 2 is 2.36 bits per heavy atom. The normalized spacial score (nSPS) is 30.9. The molecule has 0 saturated heterocycles. The van der Waals surface area contributed by atoms with Gasteiger partial charge in [0.05, 0.1) is 6.07 Å². The Balaban J connectivity index is 2.80. The fourth-order valence-electron chi connectivity index (χ4n) is 0.959. The summed E-state index contributed by atoms with van der Waals surface area (Å²) in [5.41, 5.74) is 0.765. The second kappa shape index (κ2) is 3.78. The maximum absolute atomic E-state index is 8.60. The third-order valence-corrected chi connectivity index (χ3v) is 1.62. The fourth-order valence-corrected chi connectivity index (χ4v) is 0.959. The SMILES string of the molecule is CC1C=CC/C=C(C#N)\C=C/1. The largest absolute Gasteiger partial charge is 0.192 e. The van der Waals surface area contributed by atoms with E-state index in [0.29, 0.717) is 5.92 Å². The molecule has 56 valence electrons. The van der Waals surface area contributed by atoms with Gasteiger partial charge in [-0.15, -0.1) is 0 Å². The molecule has 0 aromatic heterocycles. The highest BCUT2D eigenvalue weighted by molar-refractivity contribution is 5.34. The van der Waals surface area contributed by atoms with Crippen LogP contribution in [-0.4, -0.2) is 0 Å². The zero-order chi connectivity index (χ0) is 8.10. The number of hydrogen-bond donors (Lipinski definition) is 0. The van der Waals surface area contributed by atoms with Crippen LogP contribution in [0.3, 0.4) is 0 Å². The molecule has 0 saturated carbocycles. The number of nitriles is 1. The van der Waals surface area contributed by atoms with Crippen LogP contribution in [0.15, 0.2) is 36.0 Å². The zero-order valence-corrected chi connectivity index (χ0v) is 6.62. The zero-order valence-electron chi connectivity index (χ0n) is 6.62. The summed E-state index contributed by atoms with van der Waals surface area (Å²) in [7, 11) is 0. The number of rotatable bonds is 0. The van der Waals surface area contributed by atoms with Crippen molar-refractivity contribution in [1.82, 2.24) is 0 Å². The summed E-state index contributed by atoms with van der Waals surface area (Å²) in [6.07, 6.45) is 10.9. The lowest BCUT2D eigenvalue weighted by molar-refractivity contribution is 0.929. The molecule has 0 heterocycles. The fraction of sp³-hybridized carbons (Fsp3) is 0.300. The van der Waals surface area contributed by atoms with E-state index in [4.69, 9.17) is 5.26 Å². The maximum Gasteiger partial charge on any atom is 0.0988 e. The lowest BCUT2D eigenvalue weighted by Gasteiger charge is -1.99. The molecule has 1 aliphatic carbocycles. The van der Waals surface area contributed by atoms with E-state index in [1.54, 1.807) is 0 Å². The molecule has 1 unspecified atom stereocenters. The topological polar surface area (TPSA) is 23.8 Å². The predicted octanol–water partition coefficient (Wildman–Crippen LogP) is 2.59. The van der Waals surface area contributed by atoms with Crippen molar-refractivity contribution in [3.63, 3.8) is 0 Å². The third kappa shape index (κ3) is 2.43. The Bertz CT molecular complexity index is 251. The van der Waals surface area contributed by atoms with Crippen molar-refractivity contribution in [2.75, 3.05) is 0 Å². The van der Waals surface area contributed by atoms with Crippen LogP contribution in [0.1, 0.15) is 13.3 Å². The summed E-state index contributed by atoms with van der Waals surface area (Å²) >= 11 is 0. The Labute approximate surface area is 67.3 Å². The van der Waals surface area contributed by atoms with Gasteiger partial charge < -0.3 is 0 Å². The molecule has 0 amide bonds. The van der Waals surface area contributed by atoms with E-state index in [2.05, 4.69) is 25.1 Å². The summed E-state index contributed by atoms with van der Waals surface area (Å²) in [6.45, 7) is 2.10. The van der Waals surface area contributed by atoms with Crippen LogP contribution in [0.4, 0.5) is 0 Å². The molecule has 1 atom stereocenters. The van der Waals surface area contributed by atoms with E-state index < -0.39 is 0 Å². The molecule has 0 spiro atoms. The monoisotopic (exact) mass is 145 g/mol. The minimum Gasteiger partial charge on any atom is -0.192 e. The third-order valence-electron chi connectivity index (χ3n) is 1.62. The Morgan fingerprint density at radius 1 is 1.55 bits per heavy atom. The van der Waals surface area contributed by atoms with Gasteiger partial charge in [0.15, 0.2) is 0 Å². The quantitative estimate of drug-likeness (QED) is 0.480. The molecule has 1 nitrogen and oxygen atoms in total. The first-order valence-electron chi connectivity index (χ1n) is 3.78. The van der Waals surface area contributed by atoms with Crippen LogP contribution in [0, 0.1) is 17.2 Å². The smallest absolute Gasteiger partial charge is 0.0988 e. The van der Waals surface area contributed by atoms with Crippen molar-refractivity contribution >= 4 is 0 Å². The van der Waals surface area contributed by atoms with Gasteiger partial charge in [-0.05, 0) is 18.4 Å². The van der Waals surface area contributed by atoms with Crippen LogP contribution < -0.4 is 0 Å². The molecule has 0 radical (unpaired) electrons. The summed E-state index contributed by atoms with van der Waals surface area (Å²) in [4.78, 5) is 0. The van der Waals surface area contributed by atoms with Crippen LogP contribution in [0.2, 0.25) is 0 Å². The van der Waals surface area contributed by atoms with E-state index in [9.17, 15) is 0 Å². The summed E-state index contributed by atoms with van der Waals surface area (Å²) in [5, 5.41) is 8.60. The number of allylic oxidation sites excluding steroid dienone is 6. The molecular formula is C10H11N. The van der Waals surface area contributed by atoms with Gasteiger partial charge in [0.25, 0.3) is 0 Å². The van der Waals surface area contributed by atoms with Gasteiger partial charge >= 0.3 is 0 Å². The van der Waals surface area contributed by atoms with Gasteiger partial charge in [0.2, 0.25) is 0 Å². The van der Waals surface area contributed by atoms with Crippen LogP contribution >= 0.6 is 0 Å². The molecule has 0 aromatic rings. The molecule has 1 heteroatoms. The van der Waals surface area contributed by atoms with Crippen molar-refractivity contribution in [3.05, 3.63) is 36.0 Å². The minimum atomic E-state index is 0.451. The minimum absolute atomic E-state index is 0.451. The van der Waals surface area contributed by atoms with Gasteiger partial charge in [-0.25, -0.2) is 0 Å². The lowest BCUT2D eigenvalue weighted by atomic mass is 10.1. The van der Waals surface area contributed by atoms with Crippen molar-refractivity contribution in [1.29, 1.82) is 5.26 Å². The standard InChI is InChI=1S/C10H11N/c1-9-4-2-3-5-10(8-11)7-6-9/h2,4-7,9H,3H2,1H3/b4-2?,7-6-,10-5+.